The Bertz CT molecular complexity index is 777. The molecule has 0 N–H and O–H groups in total. The number of hydrogen-bond acceptors (Lipinski definition) is 3. The van der Waals surface area contributed by atoms with Crippen LogP contribution in [0.1, 0.15) is 23.9 Å². The fraction of sp³-hybridized carbons (Fsp3) is 0.294. The number of fused-ring (bicyclic) bond motifs is 1. The van der Waals surface area contributed by atoms with Crippen molar-refractivity contribution in [3.8, 4) is 5.88 Å². The van der Waals surface area contributed by atoms with Crippen LogP contribution in [0.5, 0.6) is 5.88 Å². The molecule has 3 rings (SSSR count). The molecule has 108 valence electrons. The zero-order chi connectivity index (χ0) is 14.8. The zero-order valence-corrected chi connectivity index (χ0v) is 12.6. The summed E-state index contributed by atoms with van der Waals surface area (Å²) in [5.74, 6) is 0.674. The highest BCUT2D eigenvalue weighted by molar-refractivity contribution is 5.82. The highest BCUT2D eigenvalue weighted by Gasteiger charge is 2.11. The maximum Gasteiger partial charge on any atom is 0.218 e. The number of aromatic nitrogens is 3. The van der Waals surface area contributed by atoms with Gasteiger partial charge in [-0.05, 0) is 31.5 Å². The minimum atomic E-state index is 0.664. The van der Waals surface area contributed by atoms with E-state index in [1.165, 1.54) is 5.39 Å². The van der Waals surface area contributed by atoms with Gasteiger partial charge in [0.25, 0.3) is 0 Å². The van der Waals surface area contributed by atoms with Crippen LogP contribution in [-0.4, -0.2) is 21.9 Å². The maximum atomic E-state index is 5.39. The van der Waals surface area contributed by atoms with Crippen molar-refractivity contribution in [2.75, 3.05) is 7.11 Å². The fourth-order valence-electron chi connectivity index (χ4n) is 2.60. The van der Waals surface area contributed by atoms with Gasteiger partial charge in [0.2, 0.25) is 5.88 Å². The van der Waals surface area contributed by atoms with Crippen molar-refractivity contribution in [1.29, 1.82) is 0 Å². The van der Waals surface area contributed by atoms with Crippen LogP contribution in [0.2, 0.25) is 0 Å². The minimum Gasteiger partial charge on any atom is -0.481 e. The number of methoxy groups -OCH3 is 1. The van der Waals surface area contributed by atoms with E-state index in [9.17, 15) is 0 Å². The Hall–Kier alpha value is -2.36. The molecule has 0 saturated carbocycles. The second-order valence-electron chi connectivity index (χ2n) is 5.10. The van der Waals surface area contributed by atoms with E-state index in [0.717, 1.165) is 28.9 Å². The van der Waals surface area contributed by atoms with Crippen molar-refractivity contribution < 1.29 is 4.74 Å². The molecular weight excluding hydrogens is 262 g/mol. The topological polar surface area (TPSA) is 39.9 Å². The lowest BCUT2D eigenvalue weighted by Crippen LogP contribution is -2.05. The van der Waals surface area contributed by atoms with Gasteiger partial charge in [0, 0.05) is 16.6 Å². The number of ether oxygens (including phenoxy) is 1. The molecule has 2 aromatic heterocycles. The van der Waals surface area contributed by atoms with Crippen LogP contribution in [0.4, 0.5) is 0 Å². The zero-order valence-electron chi connectivity index (χ0n) is 12.6. The standard InChI is InChI=1S/C17H19N3O/c1-4-15-14-7-5-6-8-16(14)20(19-15)11-13-10-9-12(2)18-17(13)21-3/h5-10H,4,11H2,1-3H3. The summed E-state index contributed by atoms with van der Waals surface area (Å²) < 4.78 is 7.42. The highest BCUT2D eigenvalue weighted by Crippen LogP contribution is 2.22. The van der Waals surface area contributed by atoms with E-state index >= 15 is 0 Å². The number of nitrogens with zero attached hydrogens (tertiary/aromatic N) is 3. The molecule has 1 aromatic carbocycles. The lowest BCUT2D eigenvalue weighted by molar-refractivity contribution is 0.389. The molecule has 0 fully saturated rings. The van der Waals surface area contributed by atoms with E-state index < -0.39 is 0 Å². The van der Waals surface area contributed by atoms with Crippen LogP contribution in [-0.2, 0) is 13.0 Å². The molecule has 0 saturated heterocycles. The second kappa shape index (κ2) is 5.56. The van der Waals surface area contributed by atoms with Gasteiger partial charge in [0.1, 0.15) is 0 Å². The summed E-state index contributed by atoms with van der Waals surface area (Å²) in [6.07, 6.45) is 0.927. The largest absolute Gasteiger partial charge is 0.481 e. The summed E-state index contributed by atoms with van der Waals surface area (Å²) in [5.41, 5.74) is 4.27. The minimum absolute atomic E-state index is 0.664. The van der Waals surface area contributed by atoms with E-state index in [0.29, 0.717) is 12.4 Å². The van der Waals surface area contributed by atoms with Crippen LogP contribution in [0.3, 0.4) is 0 Å². The van der Waals surface area contributed by atoms with Gasteiger partial charge >= 0.3 is 0 Å². The predicted molar refractivity (Wildman–Crippen MR) is 83.7 cm³/mol. The Morgan fingerprint density at radius 3 is 2.71 bits per heavy atom. The maximum absolute atomic E-state index is 5.39. The second-order valence-corrected chi connectivity index (χ2v) is 5.10. The van der Waals surface area contributed by atoms with E-state index in [1.807, 2.05) is 23.7 Å². The summed E-state index contributed by atoms with van der Waals surface area (Å²) in [4.78, 5) is 4.43. The monoisotopic (exact) mass is 281 g/mol. The third-order valence-corrected chi connectivity index (χ3v) is 3.66. The van der Waals surface area contributed by atoms with E-state index in [2.05, 4.69) is 36.2 Å². The van der Waals surface area contributed by atoms with Gasteiger partial charge in [-0.3, -0.25) is 4.68 Å². The third-order valence-electron chi connectivity index (χ3n) is 3.66. The molecule has 0 aliphatic heterocycles. The normalized spacial score (nSPS) is 11.0. The Kier molecular flexibility index (Phi) is 3.60. The van der Waals surface area contributed by atoms with E-state index in [1.54, 1.807) is 7.11 Å². The number of rotatable bonds is 4. The van der Waals surface area contributed by atoms with Gasteiger partial charge in [0.15, 0.2) is 0 Å². The summed E-state index contributed by atoms with van der Waals surface area (Å²) in [5, 5.41) is 5.96. The molecule has 0 amide bonds. The Morgan fingerprint density at radius 1 is 1.14 bits per heavy atom. The molecule has 0 aliphatic rings. The quantitative estimate of drug-likeness (QED) is 0.736. The molecular formula is C17H19N3O. The van der Waals surface area contributed by atoms with Gasteiger partial charge in [-0.1, -0.05) is 25.1 Å². The van der Waals surface area contributed by atoms with Crippen molar-refractivity contribution in [3.63, 3.8) is 0 Å². The average molecular weight is 281 g/mol. The first-order chi connectivity index (χ1) is 10.2. The fourth-order valence-corrected chi connectivity index (χ4v) is 2.60. The molecule has 2 heterocycles. The summed E-state index contributed by atoms with van der Waals surface area (Å²) in [7, 11) is 1.66. The van der Waals surface area contributed by atoms with Crippen molar-refractivity contribution in [1.82, 2.24) is 14.8 Å². The van der Waals surface area contributed by atoms with Crippen molar-refractivity contribution in [2.24, 2.45) is 0 Å². The molecule has 0 spiro atoms. The molecule has 0 unspecified atom stereocenters. The van der Waals surface area contributed by atoms with Gasteiger partial charge in [-0.2, -0.15) is 5.10 Å². The predicted octanol–water partition coefficient (Wildman–Crippen LogP) is 3.36. The van der Waals surface area contributed by atoms with Crippen LogP contribution in [0.15, 0.2) is 36.4 Å². The Morgan fingerprint density at radius 2 is 1.95 bits per heavy atom. The summed E-state index contributed by atoms with van der Waals surface area (Å²) >= 11 is 0. The van der Waals surface area contributed by atoms with E-state index in [4.69, 9.17) is 9.84 Å². The number of para-hydroxylation sites is 1. The van der Waals surface area contributed by atoms with Gasteiger partial charge in [0.05, 0.1) is 24.9 Å². The molecule has 0 aliphatic carbocycles. The molecule has 0 bridgehead atoms. The molecule has 0 radical (unpaired) electrons. The van der Waals surface area contributed by atoms with E-state index in [-0.39, 0.29) is 0 Å². The molecule has 21 heavy (non-hydrogen) atoms. The Balaban J connectivity index is 2.06. The van der Waals surface area contributed by atoms with Crippen LogP contribution in [0, 0.1) is 6.92 Å². The highest BCUT2D eigenvalue weighted by atomic mass is 16.5. The first-order valence-electron chi connectivity index (χ1n) is 7.18. The number of hydrogen-bond donors (Lipinski definition) is 0. The number of pyridine rings is 1. The number of aryl methyl sites for hydroxylation is 2. The molecule has 3 aromatic rings. The molecule has 0 atom stereocenters. The lowest BCUT2D eigenvalue weighted by atomic mass is 10.2. The van der Waals surface area contributed by atoms with Crippen LogP contribution < -0.4 is 4.74 Å². The molecule has 4 nitrogen and oxygen atoms in total. The Labute approximate surface area is 124 Å². The number of benzene rings is 1. The first kappa shape index (κ1) is 13.6. The lowest BCUT2D eigenvalue weighted by Gasteiger charge is -2.09. The van der Waals surface area contributed by atoms with Gasteiger partial charge in [-0.15, -0.1) is 0 Å². The van der Waals surface area contributed by atoms with Crippen LogP contribution in [0.25, 0.3) is 10.9 Å². The summed E-state index contributed by atoms with van der Waals surface area (Å²) in [6.45, 7) is 4.76. The summed E-state index contributed by atoms with van der Waals surface area (Å²) in [6, 6.07) is 12.4. The van der Waals surface area contributed by atoms with Crippen molar-refractivity contribution >= 4 is 10.9 Å². The van der Waals surface area contributed by atoms with Crippen LogP contribution >= 0.6 is 0 Å². The molecule has 4 heteroatoms. The average Bonchev–Trinajstić information content (AvgIpc) is 2.87. The van der Waals surface area contributed by atoms with Gasteiger partial charge < -0.3 is 4.74 Å². The van der Waals surface area contributed by atoms with Crippen molar-refractivity contribution in [3.05, 3.63) is 53.3 Å². The van der Waals surface area contributed by atoms with Gasteiger partial charge in [-0.25, -0.2) is 4.98 Å². The first-order valence-corrected chi connectivity index (χ1v) is 7.18. The van der Waals surface area contributed by atoms with Crippen molar-refractivity contribution in [2.45, 2.75) is 26.8 Å². The SMILES string of the molecule is CCc1nn(Cc2ccc(C)nc2OC)c2ccccc12. The third kappa shape index (κ3) is 2.49. The smallest absolute Gasteiger partial charge is 0.218 e.